The van der Waals surface area contributed by atoms with Crippen molar-refractivity contribution in [1.29, 1.82) is 0 Å². The van der Waals surface area contributed by atoms with Crippen LogP contribution in [-0.4, -0.2) is 37.7 Å². The number of halogens is 1. The van der Waals surface area contributed by atoms with E-state index in [0.29, 0.717) is 40.2 Å². The van der Waals surface area contributed by atoms with Gasteiger partial charge in [0.05, 0.1) is 28.4 Å². The van der Waals surface area contributed by atoms with Crippen molar-refractivity contribution in [1.82, 2.24) is 5.32 Å². The molecule has 1 aliphatic rings. The first-order valence-corrected chi connectivity index (χ1v) is 10.6. The molecular formula is C22H25BrN2O4. The Kier molecular flexibility index (Phi) is 7.66. The molecule has 1 fully saturated rings. The van der Waals surface area contributed by atoms with Crippen LogP contribution >= 0.6 is 15.9 Å². The van der Waals surface area contributed by atoms with E-state index < -0.39 is 0 Å². The van der Waals surface area contributed by atoms with E-state index in [9.17, 15) is 9.59 Å². The summed E-state index contributed by atoms with van der Waals surface area (Å²) >= 11 is 3.44. The van der Waals surface area contributed by atoms with E-state index in [1.807, 2.05) is 6.92 Å². The molecule has 0 saturated carbocycles. The Morgan fingerprint density at radius 2 is 2.03 bits per heavy atom. The number of para-hydroxylation sites is 1. The molecule has 1 atom stereocenters. The number of nitrogens with one attached hydrogen (secondary N) is 2. The first-order chi connectivity index (χ1) is 14.1. The Labute approximate surface area is 179 Å². The van der Waals surface area contributed by atoms with Gasteiger partial charge in [-0.3, -0.25) is 9.59 Å². The van der Waals surface area contributed by atoms with Crippen molar-refractivity contribution >= 4 is 33.4 Å². The molecule has 1 unspecified atom stereocenters. The largest absolute Gasteiger partial charge is 0.492 e. The molecule has 2 amide bonds. The highest BCUT2D eigenvalue weighted by Gasteiger charge is 2.19. The van der Waals surface area contributed by atoms with Crippen LogP contribution in [0.4, 0.5) is 5.69 Å². The lowest BCUT2D eigenvalue weighted by Gasteiger charge is -2.14. The molecule has 6 nitrogen and oxygen atoms in total. The summed E-state index contributed by atoms with van der Waals surface area (Å²) in [5.74, 6) is 0.158. The zero-order valence-corrected chi connectivity index (χ0v) is 18.0. The lowest BCUT2D eigenvalue weighted by molar-refractivity contribution is 0.0858. The molecule has 2 aromatic carbocycles. The minimum Gasteiger partial charge on any atom is -0.492 e. The van der Waals surface area contributed by atoms with Gasteiger partial charge in [0.1, 0.15) is 5.75 Å². The molecule has 0 bridgehead atoms. The van der Waals surface area contributed by atoms with Crippen molar-refractivity contribution in [2.45, 2.75) is 32.3 Å². The Balaban J connectivity index is 1.67. The number of hydrogen-bond donors (Lipinski definition) is 2. The third-order valence-electron chi connectivity index (χ3n) is 4.59. The third kappa shape index (κ3) is 5.81. The number of carbonyl (C=O) groups is 2. The SMILES string of the molecule is CCCOc1ccc(C(=O)Nc2ccccc2C(=O)NCC2CCCO2)cc1Br. The molecule has 154 valence electrons. The van der Waals surface area contributed by atoms with Gasteiger partial charge in [0.25, 0.3) is 11.8 Å². The van der Waals surface area contributed by atoms with Gasteiger partial charge < -0.3 is 20.1 Å². The van der Waals surface area contributed by atoms with Gasteiger partial charge in [0.15, 0.2) is 0 Å². The molecule has 7 heteroatoms. The van der Waals surface area contributed by atoms with Crippen molar-refractivity contribution in [2.24, 2.45) is 0 Å². The van der Waals surface area contributed by atoms with E-state index in [2.05, 4.69) is 26.6 Å². The van der Waals surface area contributed by atoms with Crippen molar-refractivity contribution in [3.8, 4) is 5.75 Å². The maximum atomic E-state index is 12.7. The average molecular weight is 461 g/mol. The number of benzene rings is 2. The van der Waals surface area contributed by atoms with Gasteiger partial charge in [0.2, 0.25) is 0 Å². The summed E-state index contributed by atoms with van der Waals surface area (Å²) in [5, 5.41) is 5.72. The molecule has 1 heterocycles. The molecule has 1 aliphatic heterocycles. The van der Waals surface area contributed by atoms with Gasteiger partial charge in [-0.2, -0.15) is 0 Å². The van der Waals surface area contributed by atoms with Crippen LogP contribution in [0, 0.1) is 0 Å². The maximum Gasteiger partial charge on any atom is 0.255 e. The highest BCUT2D eigenvalue weighted by atomic mass is 79.9. The number of amides is 2. The predicted molar refractivity (Wildman–Crippen MR) is 116 cm³/mol. The summed E-state index contributed by atoms with van der Waals surface area (Å²) in [4.78, 5) is 25.3. The molecule has 2 N–H and O–H groups in total. The Bertz CT molecular complexity index is 866. The zero-order valence-electron chi connectivity index (χ0n) is 16.4. The quantitative estimate of drug-likeness (QED) is 0.611. The van der Waals surface area contributed by atoms with Crippen molar-refractivity contribution in [2.75, 3.05) is 25.1 Å². The number of ether oxygens (including phenoxy) is 2. The fourth-order valence-corrected chi connectivity index (χ4v) is 3.56. The fraction of sp³-hybridized carbons (Fsp3) is 0.364. The van der Waals surface area contributed by atoms with Crippen molar-refractivity contribution in [3.63, 3.8) is 0 Å². The van der Waals surface area contributed by atoms with E-state index in [4.69, 9.17) is 9.47 Å². The summed E-state index contributed by atoms with van der Waals surface area (Å²) < 4.78 is 11.9. The van der Waals surface area contributed by atoms with Crippen LogP contribution in [0.1, 0.15) is 46.9 Å². The van der Waals surface area contributed by atoms with Crippen LogP contribution in [0.3, 0.4) is 0 Å². The first-order valence-electron chi connectivity index (χ1n) is 9.81. The maximum absolute atomic E-state index is 12.7. The Hall–Kier alpha value is -2.38. The van der Waals surface area contributed by atoms with Crippen LogP contribution in [0.5, 0.6) is 5.75 Å². The second-order valence-electron chi connectivity index (χ2n) is 6.84. The van der Waals surface area contributed by atoms with Gasteiger partial charge in [-0.25, -0.2) is 0 Å². The zero-order chi connectivity index (χ0) is 20.6. The van der Waals surface area contributed by atoms with Crippen LogP contribution in [0.2, 0.25) is 0 Å². The molecule has 0 aliphatic carbocycles. The summed E-state index contributed by atoms with van der Waals surface area (Å²) in [6, 6.07) is 12.1. The molecule has 29 heavy (non-hydrogen) atoms. The summed E-state index contributed by atoms with van der Waals surface area (Å²) in [5.41, 5.74) is 1.35. The van der Waals surface area contributed by atoms with Crippen molar-refractivity contribution in [3.05, 3.63) is 58.1 Å². The van der Waals surface area contributed by atoms with Crippen molar-refractivity contribution < 1.29 is 19.1 Å². The normalized spacial score (nSPS) is 15.7. The predicted octanol–water partition coefficient (Wildman–Crippen LogP) is 4.40. The van der Waals surface area contributed by atoms with Gasteiger partial charge in [-0.05, 0) is 65.5 Å². The van der Waals surface area contributed by atoms with Crippen LogP contribution in [0.25, 0.3) is 0 Å². The first kappa shape index (κ1) is 21.3. The van der Waals surface area contributed by atoms with Gasteiger partial charge in [-0.1, -0.05) is 19.1 Å². The van der Waals surface area contributed by atoms with E-state index in [-0.39, 0.29) is 17.9 Å². The average Bonchev–Trinajstić information content (AvgIpc) is 3.25. The summed E-state index contributed by atoms with van der Waals surface area (Å²) in [6.45, 7) is 3.85. The second-order valence-corrected chi connectivity index (χ2v) is 7.69. The van der Waals surface area contributed by atoms with Crippen LogP contribution in [0.15, 0.2) is 46.9 Å². The lowest BCUT2D eigenvalue weighted by atomic mass is 10.1. The highest BCUT2D eigenvalue weighted by Crippen LogP contribution is 2.27. The monoisotopic (exact) mass is 460 g/mol. The number of carbonyl (C=O) groups excluding carboxylic acids is 2. The molecule has 1 saturated heterocycles. The molecule has 0 spiro atoms. The number of hydrogen-bond acceptors (Lipinski definition) is 4. The highest BCUT2D eigenvalue weighted by molar-refractivity contribution is 9.10. The molecule has 0 radical (unpaired) electrons. The second kappa shape index (κ2) is 10.4. The Morgan fingerprint density at radius 3 is 2.76 bits per heavy atom. The lowest BCUT2D eigenvalue weighted by Crippen LogP contribution is -2.32. The minimum absolute atomic E-state index is 0.0616. The third-order valence-corrected chi connectivity index (χ3v) is 5.21. The van der Waals surface area contributed by atoms with Gasteiger partial charge >= 0.3 is 0 Å². The minimum atomic E-state index is -0.299. The number of anilines is 1. The summed E-state index contributed by atoms with van der Waals surface area (Å²) in [7, 11) is 0. The Morgan fingerprint density at radius 1 is 1.21 bits per heavy atom. The smallest absolute Gasteiger partial charge is 0.255 e. The number of rotatable bonds is 8. The summed E-state index contributed by atoms with van der Waals surface area (Å²) in [6.07, 6.45) is 2.93. The molecule has 3 rings (SSSR count). The topological polar surface area (TPSA) is 76.7 Å². The van der Waals surface area contributed by atoms with Gasteiger partial charge in [0, 0.05) is 18.7 Å². The molecule has 2 aromatic rings. The van der Waals surface area contributed by atoms with E-state index >= 15 is 0 Å². The fourth-order valence-electron chi connectivity index (χ4n) is 3.06. The van der Waals surface area contributed by atoms with E-state index in [1.54, 1.807) is 42.5 Å². The molecular weight excluding hydrogens is 436 g/mol. The molecule has 0 aromatic heterocycles. The standard InChI is InChI=1S/C22H25BrN2O4/c1-2-11-29-20-10-9-15(13-18(20)23)21(26)25-19-8-4-3-7-17(19)22(27)24-14-16-6-5-12-28-16/h3-4,7-10,13,16H,2,5-6,11-12,14H2,1H3,(H,24,27)(H,25,26). The van der Waals surface area contributed by atoms with Gasteiger partial charge in [-0.15, -0.1) is 0 Å². The van der Waals surface area contributed by atoms with Crippen LogP contribution in [-0.2, 0) is 4.74 Å². The van der Waals surface area contributed by atoms with E-state index in [1.165, 1.54) is 0 Å². The van der Waals surface area contributed by atoms with E-state index in [0.717, 1.165) is 25.9 Å². The van der Waals surface area contributed by atoms with Crippen LogP contribution < -0.4 is 15.4 Å².